The van der Waals surface area contributed by atoms with Gasteiger partial charge in [-0.15, -0.1) is 0 Å². The van der Waals surface area contributed by atoms with E-state index in [9.17, 15) is 29.4 Å². The van der Waals surface area contributed by atoms with Crippen molar-refractivity contribution in [3.8, 4) is 0 Å². The molecule has 0 aromatic heterocycles. The Kier molecular flexibility index (Phi) is 25.7. The number of ether oxygens (including phenoxy) is 3. The lowest BCUT2D eigenvalue weighted by molar-refractivity contribution is -0.161. The number of carbonyl (C=O) groups is 4. The fourth-order valence-corrected chi connectivity index (χ4v) is 6.56. The summed E-state index contributed by atoms with van der Waals surface area (Å²) in [5, 5.41) is 29.1. The van der Waals surface area contributed by atoms with E-state index >= 15 is 0 Å². The summed E-state index contributed by atoms with van der Waals surface area (Å²) in [5.41, 5.74) is 0.109. The number of aliphatic hydroxyl groups excluding tert-OH is 2. The topological polar surface area (TPSA) is 173 Å². The molecule has 0 unspecified atom stereocenters. The average Bonchev–Trinajstić information content (AvgIpc) is 3.15. The van der Waals surface area contributed by atoms with Gasteiger partial charge in [0.2, 0.25) is 11.8 Å². The van der Waals surface area contributed by atoms with Crippen molar-refractivity contribution in [3.05, 3.63) is 35.9 Å². The molecule has 0 aliphatic heterocycles. The van der Waals surface area contributed by atoms with Crippen LogP contribution >= 0.6 is 0 Å². The molecular weight excluding hydrogens is 727 g/mol. The van der Waals surface area contributed by atoms with Gasteiger partial charge < -0.3 is 40.4 Å². The Labute approximate surface area is 344 Å². The first kappa shape index (κ1) is 51.8. The fourth-order valence-electron chi connectivity index (χ4n) is 6.56. The standard InChI is InChI=1S/C45H79N3O9/c1-11-12-13-14-15-16-17-18-19-20-24-27-37(34(7)40(50)33(6)28-49)56-43(53)36(30-55-29-35-25-22-21-23-26-35)46-41(51)38(31(2)3)47-42(52)39(32(4)5)48-44(54)57-45(8,9)10/h21-23,25-26,31-34,36-40,49-50H,11-20,24,27-30H2,1-10H3,(H,46,51)(H,47,52)(H,48,54)/t33-,34-,36-,37+,38-,39-,40-/m0/s1. The number of esters is 1. The number of alkyl carbamates (subject to hydrolysis) is 1. The molecule has 7 atom stereocenters. The van der Waals surface area contributed by atoms with Crippen LogP contribution in [0.3, 0.4) is 0 Å². The second-order valence-electron chi connectivity index (χ2n) is 17.5. The van der Waals surface area contributed by atoms with E-state index in [0.717, 1.165) is 31.2 Å². The van der Waals surface area contributed by atoms with Crippen molar-refractivity contribution >= 4 is 23.9 Å². The number of amides is 3. The molecule has 0 heterocycles. The molecule has 0 aliphatic rings. The SMILES string of the molecule is CCCCCCCCCCCCC[C@@H](OC(=O)[C@H](COCc1ccccc1)NC(=O)[C@@H](NC(=O)[C@@H](NC(=O)OC(C)(C)C)C(C)C)C(C)C)[C@H](C)[C@@H](O)[C@@H](C)CO. The summed E-state index contributed by atoms with van der Waals surface area (Å²) < 4.78 is 17.4. The quantitative estimate of drug-likeness (QED) is 0.0404. The highest BCUT2D eigenvalue weighted by Crippen LogP contribution is 2.24. The highest BCUT2D eigenvalue weighted by molar-refractivity contribution is 5.93. The molecule has 12 nitrogen and oxygen atoms in total. The Morgan fingerprint density at radius 1 is 0.719 bits per heavy atom. The average molecular weight is 806 g/mol. The Morgan fingerprint density at radius 2 is 1.23 bits per heavy atom. The van der Waals surface area contributed by atoms with Crippen molar-refractivity contribution < 1.29 is 43.6 Å². The van der Waals surface area contributed by atoms with Gasteiger partial charge in [0.25, 0.3) is 0 Å². The predicted molar refractivity (Wildman–Crippen MR) is 225 cm³/mol. The summed E-state index contributed by atoms with van der Waals surface area (Å²) in [5.74, 6) is -3.56. The van der Waals surface area contributed by atoms with E-state index in [1.807, 2.05) is 37.3 Å². The molecule has 1 aromatic rings. The lowest BCUT2D eigenvalue weighted by atomic mass is 9.87. The lowest BCUT2D eigenvalue weighted by Crippen LogP contribution is -2.59. The number of hydrogen-bond donors (Lipinski definition) is 5. The number of rotatable bonds is 29. The van der Waals surface area contributed by atoms with E-state index in [-0.39, 0.29) is 25.7 Å². The van der Waals surface area contributed by atoms with Crippen LogP contribution in [0.2, 0.25) is 0 Å². The number of hydrogen-bond acceptors (Lipinski definition) is 9. The van der Waals surface area contributed by atoms with E-state index < -0.39 is 77.6 Å². The van der Waals surface area contributed by atoms with Gasteiger partial charge in [0.15, 0.2) is 6.04 Å². The van der Waals surface area contributed by atoms with Gasteiger partial charge in [-0.05, 0) is 51.0 Å². The van der Waals surface area contributed by atoms with Crippen molar-refractivity contribution in [2.45, 2.75) is 189 Å². The first-order chi connectivity index (χ1) is 26.9. The van der Waals surface area contributed by atoms with Crippen LogP contribution in [0.1, 0.15) is 152 Å². The fraction of sp³-hybridized carbons (Fsp3) is 0.778. The largest absolute Gasteiger partial charge is 0.460 e. The van der Waals surface area contributed by atoms with Crippen LogP contribution in [-0.4, -0.2) is 83.2 Å². The van der Waals surface area contributed by atoms with E-state index in [0.29, 0.717) is 6.42 Å². The van der Waals surface area contributed by atoms with Gasteiger partial charge in [0.1, 0.15) is 23.8 Å². The molecule has 1 aromatic carbocycles. The molecular formula is C45H79N3O9. The molecule has 328 valence electrons. The van der Waals surface area contributed by atoms with Crippen molar-refractivity contribution in [2.24, 2.45) is 23.7 Å². The van der Waals surface area contributed by atoms with Crippen LogP contribution in [0.25, 0.3) is 0 Å². The van der Waals surface area contributed by atoms with E-state index in [1.54, 1.807) is 55.4 Å². The predicted octanol–water partition coefficient (Wildman–Crippen LogP) is 7.62. The molecule has 0 saturated heterocycles. The zero-order valence-electron chi connectivity index (χ0n) is 36.9. The smallest absolute Gasteiger partial charge is 0.408 e. The Hall–Kier alpha value is -3.22. The highest BCUT2D eigenvalue weighted by atomic mass is 16.6. The monoisotopic (exact) mass is 806 g/mol. The second-order valence-corrected chi connectivity index (χ2v) is 17.5. The number of nitrogens with one attached hydrogen (secondary N) is 3. The van der Waals surface area contributed by atoms with Crippen molar-refractivity contribution in [3.63, 3.8) is 0 Å². The van der Waals surface area contributed by atoms with Gasteiger partial charge in [-0.25, -0.2) is 9.59 Å². The number of carbonyl (C=O) groups excluding carboxylic acids is 4. The molecule has 57 heavy (non-hydrogen) atoms. The summed E-state index contributed by atoms with van der Waals surface area (Å²) in [4.78, 5) is 54.1. The van der Waals surface area contributed by atoms with Gasteiger partial charge in [0, 0.05) is 18.4 Å². The molecule has 0 aliphatic carbocycles. The molecule has 0 fully saturated rings. The maximum atomic E-state index is 14.1. The van der Waals surface area contributed by atoms with E-state index in [1.165, 1.54) is 44.9 Å². The van der Waals surface area contributed by atoms with Crippen molar-refractivity contribution in [2.75, 3.05) is 13.2 Å². The van der Waals surface area contributed by atoms with Crippen LogP contribution in [0.4, 0.5) is 4.79 Å². The molecule has 0 saturated carbocycles. The second kappa shape index (κ2) is 28.2. The van der Waals surface area contributed by atoms with Gasteiger partial charge in [-0.2, -0.15) is 0 Å². The zero-order chi connectivity index (χ0) is 43.0. The molecule has 12 heteroatoms. The zero-order valence-corrected chi connectivity index (χ0v) is 36.9. The van der Waals surface area contributed by atoms with Crippen molar-refractivity contribution in [1.29, 1.82) is 0 Å². The third-order valence-electron chi connectivity index (χ3n) is 10.2. The van der Waals surface area contributed by atoms with Crippen LogP contribution < -0.4 is 16.0 Å². The van der Waals surface area contributed by atoms with Gasteiger partial charge in [-0.1, -0.05) is 143 Å². The van der Waals surface area contributed by atoms with Gasteiger partial charge in [-0.3, -0.25) is 9.59 Å². The lowest BCUT2D eigenvalue weighted by Gasteiger charge is -2.32. The first-order valence-electron chi connectivity index (χ1n) is 21.6. The highest BCUT2D eigenvalue weighted by Gasteiger charge is 2.36. The Morgan fingerprint density at radius 3 is 1.74 bits per heavy atom. The molecule has 1 rings (SSSR count). The maximum absolute atomic E-state index is 14.1. The van der Waals surface area contributed by atoms with E-state index in [2.05, 4.69) is 22.9 Å². The molecule has 0 radical (unpaired) electrons. The molecule has 0 bridgehead atoms. The summed E-state index contributed by atoms with van der Waals surface area (Å²) in [6.07, 6.45) is 11.0. The van der Waals surface area contributed by atoms with Crippen LogP contribution in [0.5, 0.6) is 0 Å². The minimum Gasteiger partial charge on any atom is -0.460 e. The molecule has 0 spiro atoms. The van der Waals surface area contributed by atoms with Crippen LogP contribution in [-0.2, 0) is 35.2 Å². The summed E-state index contributed by atoms with van der Waals surface area (Å²) >= 11 is 0. The maximum Gasteiger partial charge on any atom is 0.408 e. The third-order valence-corrected chi connectivity index (χ3v) is 10.2. The number of benzene rings is 1. The molecule has 3 amide bonds. The van der Waals surface area contributed by atoms with Crippen LogP contribution in [0, 0.1) is 23.7 Å². The first-order valence-corrected chi connectivity index (χ1v) is 21.6. The number of aliphatic hydroxyl groups is 2. The summed E-state index contributed by atoms with van der Waals surface area (Å²) in [6.45, 7) is 17.8. The number of unbranched alkanes of at least 4 members (excludes halogenated alkanes) is 10. The normalized spacial score (nSPS) is 15.5. The minimum atomic E-state index is -1.24. The van der Waals surface area contributed by atoms with E-state index in [4.69, 9.17) is 14.2 Å². The van der Waals surface area contributed by atoms with Crippen LogP contribution in [0.15, 0.2) is 30.3 Å². The third kappa shape index (κ3) is 21.9. The van der Waals surface area contributed by atoms with Gasteiger partial charge in [0.05, 0.1) is 19.3 Å². The summed E-state index contributed by atoms with van der Waals surface area (Å²) in [6, 6.07) is 6.13. The van der Waals surface area contributed by atoms with Crippen molar-refractivity contribution in [1.82, 2.24) is 16.0 Å². The Bertz CT molecular complexity index is 1270. The Balaban J connectivity index is 3.17. The summed E-state index contributed by atoms with van der Waals surface area (Å²) in [7, 11) is 0. The minimum absolute atomic E-state index is 0.183. The van der Waals surface area contributed by atoms with Gasteiger partial charge >= 0.3 is 12.1 Å². The molecule has 5 N–H and O–H groups in total.